The van der Waals surface area contributed by atoms with Crippen molar-refractivity contribution in [2.24, 2.45) is 5.10 Å². The Bertz CT molecular complexity index is 782. The zero-order chi connectivity index (χ0) is 14.4. The molecule has 0 fully saturated rings. The van der Waals surface area contributed by atoms with Gasteiger partial charge < -0.3 is 10.5 Å². The van der Waals surface area contributed by atoms with Crippen LogP contribution in [-0.4, -0.2) is 12.3 Å². The van der Waals surface area contributed by atoms with Crippen molar-refractivity contribution < 1.29 is 0 Å². The van der Waals surface area contributed by atoms with E-state index in [1.165, 1.54) is 0 Å². The van der Waals surface area contributed by atoms with Crippen LogP contribution in [0.4, 0.5) is 11.4 Å². The summed E-state index contributed by atoms with van der Waals surface area (Å²) in [7, 11) is 0. The Morgan fingerprint density at radius 2 is 1.86 bits per heavy atom. The maximum Gasteiger partial charge on any atom is 0.159 e. The maximum atomic E-state index is 13.0. The van der Waals surface area contributed by atoms with E-state index in [1.54, 1.807) is 24.3 Å². The Morgan fingerprint density at radius 3 is 2.67 bits per heavy atom. The van der Waals surface area contributed by atoms with Crippen LogP contribution >= 0.6 is 11.6 Å². The lowest BCUT2D eigenvalue weighted by Crippen LogP contribution is -2.34. The molecule has 0 spiro atoms. The Balaban J connectivity index is 1.82. The van der Waals surface area contributed by atoms with E-state index in [-0.39, 0.29) is 6.54 Å². The van der Waals surface area contributed by atoms with Gasteiger partial charge in [-0.3, -0.25) is 0 Å². The number of rotatable bonds is 1. The minimum atomic E-state index is -0.728. The van der Waals surface area contributed by atoms with Crippen molar-refractivity contribution in [2.75, 3.05) is 11.9 Å². The van der Waals surface area contributed by atoms with Crippen molar-refractivity contribution in [1.29, 1.82) is 0 Å². The van der Waals surface area contributed by atoms with Crippen molar-refractivity contribution in [1.82, 2.24) is 4.76 Å². The molecule has 1 N–H and O–H groups in total. The molecule has 2 aliphatic rings. The van der Waals surface area contributed by atoms with Crippen molar-refractivity contribution in [2.45, 2.75) is 0 Å². The topological polar surface area (TPSA) is 47.4 Å². The third-order valence-corrected chi connectivity index (χ3v) is 4.02. The lowest BCUT2D eigenvalue weighted by Gasteiger charge is -2.31. The van der Waals surface area contributed by atoms with Gasteiger partial charge in [-0.15, -0.1) is 0 Å². The number of quaternary nitrogens is 1. The van der Waals surface area contributed by atoms with E-state index in [2.05, 4.69) is 10.4 Å². The second kappa shape index (κ2) is 4.43. The normalized spacial score (nSPS) is 22.8. The van der Waals surface area contributed by atoms with E-state index in [1.807, 2.05) is 30.5 Å². The van der Waals surface area contributed by atoms with Crippen LogP contribution in [-0.2, 0) is 0 Å². The van der Waals surface area contributed by atoms with Gasteiger partial charge in [-0.25, -0.2) is 0 Å². The number of fused-ring (bicyclic) bond motifs is 3. The number of para-hydroxylation sites is 1. The largest absolute Gasteiger partial charge is 0.599 e. The molecule has 0 bridgehead atoms. The molecule has 1 atom stereocenters. The summed E-state index contributed by atoms with van der Waals surface area (Å²) in [4.78, 5) is 0. The van der Waals surface area contributed by atoms with Crippen molar-refractivity contribution >= 4 is 28.7 Å². The first kappa shape index (κ1) is 12.6. The minimum Gasteiger partial charge on any atom is -0.599 e. The van der Waals surface area contributed by atoms with Gasteiger partial charge in [-0.2, -0.15) is 4.76 Å². The number of benzene rings is 2. The first-order valence-electron chi connectivity index (χ1n) is 6.66. The lowest BCUT2D eigenvalue weighted by molar-refractivity contribution is 0.448. The molecule has 2 heterocycles. The van der Waals surface area contributed by atoms with E-state index in [9.17, 15) is 5.21 Å². The maximum absolute atomic E-state index is 13.0. The molecule has 104 valence electrons. The molecule has 4 rings (SSSR count). The molecular weight excluding hydrogens is 286 g/mol. The highest BCUT2D eigenvalue weighted by Crippen LogP contribution is 2.35. The molecule has 2 aromatic carbocycles. The van der Waals surface area contributed by atoms with Crippen molar-refractivity contribution in [3.05, 3.63) is 76.1 Å². The summed E-state index contributed by atoms with van der Waals surface area (Å²) in [6.07, 6.45) is 1.87. The zero-order valence-corrected chi connectivity index (χ0v) is 11.8. The second-order valence-electron chi connectivity index (χ2n) is 5.14. The smallest absolute Gasteiger partial charge is 0.159 e. The molecule has 1 unspecified atom stereocenters. The van der Waals surface area contributed by atoms with E-state index < -0.39 is 4.76 Å². The van der Waals surface area contributed by atoms with Crippen LogP contribution in [0.1, 0.15) is 5.56 Å². The molecule has 0 saturated carbocycles. The predicted octanol–water partition coefficient (Wildman–Crippen LogP) is 3.87. The van der Waals surface area contributed by atoms with Gasteiger partial charge in [0.25, 0.3) is 0 Å². The van der Waals surface area contributed by atoms with E-state index in [0.717, 1.165) is 22.5 Å². The van der Waals surface area contributed by atoms with Gasteiger partial charge in [0.15, 0.2) is 5.69 Å². The van der Waals surface area contributed by atoms with E-state index in [4.69, 9.17) is 11.6 Å². The van der Waals surface area contributed by atoms with Gasteiger partial charge in [-0.05, 0) is 18.2 Å². The van der Waals surface area contributed by atoms with E-state index in [0.29, 0.717) is 10.7 Å². The van der Waals surface area contributed by atoms with Crippen LogP contribution in [0.15, 0.2) is 65.4 Å². The highest BCUT2D eigenvalue weighted by Gasteiger charge is 2.36. The van der Waals surface area contributed by atoms with Crippen LogP contribution in [0.25, 0.3) is 0 Å². The average Bonchev–Trinajstić information content (AvgIpc) is 2.86. The molecule has 2 aliphatic heterocycles. The number of hydrogen-bond acceptors (Lipinski definition) is 3. The molecule has 2 aromatic rings. The van der Waals surface area contributed by atoms with Gasteiger partial charge in [0.05, 0.1) is 5.57 Å². The van der Waals surface area contributed by atoms with Gasteiger partial charge >= 0.3 is 0 Å². The van der Waals surface area contributed by atoms with Crippen LogP contribution < -0.4 is 10.1 Å². The Hall–Kier alpha value is -2.14. The summed E-state index contributed by atoms with van der Waals surface area (Å²) in [6.45, 7) is 0.290. The predicted molar refractivity (Wildman–Crippen MR) is 86.2 cm³/mol. The number of nitrogens with zero attached hydrogens (tertiary/aromatic N) is 2. The summed E-state index contributed by atoms with van der Waals surface area (Å²) in [6, 6.07) is 14.8. The molecule has 21 heavy (non-hydrogen) atoms. The van der Waals surface area contributed by atoms with Crippen LogP contribution in [0, 0.1) is 5.21 Å². The van der Waals surface area contributed by atoms with E-state index >= 15 is 0 Å². The first-order valence-corrected chi connectivity index (χ1v) is 7.04. The summed E-state index contributed by atoms with van der Waals surface area (Å²) in [5.74, 6) is 0. The van der Waals surface area contributed by atoms with Gasteiger partial charge in [0.1, 0.15) is 12.3 Å². The fraction of sp³-hybridized carbons (Fsp3) is 0.0625. The number of hydrogen-bond donors (Lipinski definition) is 1. The van der Waals surface area contributed by atoms with Crippen LogP contribution in [0.3, 0.4) is 0 Å². The van der Waals surface area contributed by atoms with Crippen LogP contribution in [0.2, 0.25) is 5.02 Å². The number of nitrogens with one attached hydrogen (secondary N) is 1. The first-order chi connectivity index (χ1) is 10.2. The molecule has 0 aliphatic carbocycles. The molecule has 0 saturated heterocycles. The quantitative estimate of drug-likeness (QED) is 0.641. The molecule has 0 aromatic heterocycles. The number of anilines is 1. The third-order valence-electron chi connectivity index (χ3n) is 3.76. The average molecular weight is 298 g/mol. The minimum absolute atomic E-state index is 0.290. The zero-order valence-electron chi connectivity index (χ0n) is 11.1. The van der Waals surface area contributed by atoms with Crippen molar-refractivity contribution in [3.8, 4) is 0 Å². The fourth-order valence-corrected chi connectivity index (χ4v) is 2.84. The second-order valence-corrected chi connectivity index (χ2v) is 5.58. The molecule has 0 amide bonds. The lowest BCUT2D eigenvalue weighted by atomic mass is 9.99. The number of hydroxylamine groups is 1. The highest BCUT2D eigenvalue weighted by atomic mass is 35.5. The number of halogens is 1. The van der Waals surface area contributed by atoms with Gasteiger partial charge in [-0.1, -0.05) is 34.9 Å². The van der Waals surface area contributed by atoms with Gasteiger partial charge in [0, 0.05) is 34.6 Å². The summed E-state index contributed by atoms with van der Waals surface area (Å²) < 4.78 is -0.728. The van der Waals surface area contributed by atoms with Crippen molar-refractivity contribution in [3.63, 3.8) is 0 Å². The van der Waals surface area contributed by atoms with Gasteiger partial charge in [0.2, 0.25) is 0 Å². The Morgan fingerprint density at radius 1 is 1.10 bits per heavy atom. The summed E-state index contributed by atoms with van der Waals surface area (Å²) in [5.41, 5.74) is 4.23. The molecule has 5 heteroatoms. The summed E-state index contributed by atoms with van der Waals surface area (Å²) in [5, 5.41) is 21.3. The third kappa shape index (κ3) is 1.96. The summed E-state index contributed by atoms with van der Waals surface area (Å²) >= 11 is 5.89. The molecular formula is C16H12ClN3O. The molecule has 0 radical (unpaired) electrons. The Labute approximate surface area is 127 Å². The SMILES string of the molecule is [O-][N+]1(c2ccc(Cl)cc2)CC2=CNc3ccccc3C2=N1. The fourth-order valence-electron chi connectivity index (χ4n) is 2.71. The highest BCUT2D eigenvalue weighted by molar-refractivity contribution is 6.30. The monoisotopic (exact) mass is 297 g/mol. The van der Waals surface area contributed by atoms with Crippen LogP contribution in [0.5, 0.6) is 0 Å². The molecule has 4 nitrogen and oxygen atoms in total. The Kier molecular flexibility index (Phi) is 2.65. The standard InChI is InChI=1S/C16H12ClN3O/c17-12-5-7-13(8-6-12)20(21)10-11-9-18-15-4-2-1-3-14(15)16(11)19-20/h1-9,18H,10H2.